The second-order valence-electron chi connectivity index (χ2n) is 5.44. The Morgan fingerprint density at radius 3 is 2.43 bits per heavy atom. The summed E-state index contributed by atoms with van der Waals surface area (Å²) in [4.78, 5) is 36.7. The first-order valence-corrected chi connectivity index (χ1v) is 7.02. The zero-order valence-corrected chi connectivity index (χ0v) is 12.4. The van der Waals surface area contributed by atoms with Gasteiger partial charge in [0.2, 0.25) is 11.8 Å². The lowest BCUT2D eigenvalue weighted by molar-refractivity contribution is -0.142. The SMILES string of the molecule is CCC1(CC)CC(=O)N(Cc2cc(C(=O)O)c(C)o2)C1=O. The van der Waals surface area contributed by atoms with Gasteiger partial charge in [-0.25, -0.2) is 4.79 Å². The Morgan fingerprint density at radius 2 is 2.00 bits per heavy atom. The molecule has 0 unspecified atom stereocenters. The van der Waals surface area contributed by atoms with E-state index in [1.165, 1.54) is 11.0 Å². The van der Waals surface area contributed by atoms with Crippen LogP contribution < -0.4 is 0 Å². The van der Waals surface area contributed by atoms with E-state index in [9.17, 15) is 14.4 Å². The van der Waals surface area contributed by atoms with Crippen LogP contribution in [0.3, 0.4) is 0 Å². The fraction of sp³-hybridized carbons (Fsp3) is 0.533. The highest BCUT2D eigenvalue weighted by atomic mass is 16.4. The molecule has 1 aliphatic rings. The molecule has 2 amide bonds. The topological polar surface area (TPSA) is 87.8 Å². The Kier molecular flexibility index (Phi) is 3.89. The van der Waals surface area contributed by atoms with Crippen LogP contribution in [0.5, 0.6) is 0 Å². The molecule has 6 heteroatoms. The molecule has 0 spiro atoms. The second-order valence-corrected chi connectivity index (χ2v) is 5.44. The van der Waals surface area contributed by atoms with Crippen LogP contribution in [0.15, 0.2) is 10.5 Å². The monoisotopic (exact) mass is 293 g/mol. The fourth-order valence-corrected chi connectivity index (χ4v) is 2.81. The first-order chi connectivity index (χ1) is 9.84. The van der Waals surface area contributed by atoms with Crippen molar-refractivity contribution in [3.63, 3.8) is 0 Å². The molecule has 0 aromatic carbocycles. The van der Waals surface area contributed by atoms with Crippen LogP contribution in [0.1, 0.15) is 55.0 Å². The average Bonchev–Trinajstić information content (AvgIpc) is 2.92. The Morgan fingerprint density at radius 1 is 1.38 bits per heavy atom. The Hall–Kier alpha value is -2.11. The van der Waals surface area contributed by atoms with Gasteiger partial charge in [0.15, 0.2) is 0 Å². The summed E-state index contributed by atoms with van der Waals surface area (Å²) in [5, 5.41) is 9.00. The first kappa shape index (κ1) is 15.3. The van der Waals surface area contributed by atoms with Gasteiger partial charge in [0.25, 0.3) is 0 Å². The highest BCUT2D eigenvalue weighted by Crippen LogP contribution is 2.39. The highest BCUT2D eigenvalue weighted by molar-refractivity contribution is 6.05. The summed E-state index contributed by atoms with van der Waals surface area (Å²) < 4.78 is 5.34. The first-order valence-electron chi connectivity index (χ1n) is 7.02. The molecule has 0 aliphatic carbocycles. The second kappa shape index (κ2) is 5.35. The number of carboxylic acids is 1. The molecule has 0 bridgehead atoms. The maximum Gasteiger partial charge on any atom is 0.339 e. The number of nitrogens with zero attached hydrogens (tertiary/aromatic N) is 1. The molecule has 1 aromatic rings. The van der Waals surface area contributed by atoms with Gasteiger partial charge in [-0.15, -0.1) is 0 Å². The molecule has 0 saturated carbocycles. The van der Waals surface area contributed by atoms with E-state index in [-0.39, 0.29) is 36.1 Å². The highest BCUT2D eigenvalue weighted by Gasteiger charge is 2.49. The van der Waals surface area contributed by atoms with Gasteiger partial charge in [0.05, 0.1) is 12.0 Å². The van der Waals surface area contributed by atoms with Crippen molar-refractivity contribution in [2.24, 2.45) is 5.41 Å². The number of carboxylic acid groups (broad SMARTS) is 1. The minimum Gasteiger partial charge on any atom is -0.478 e. The third kappa shape index (κ3) is 2.46. The normalized spacial score (nSPS) is 17.6. The Balaban J connectivity index is 2.24. The van der Waals surface area contributed by atoms with Gasteiger partial charge in [0.1, 0.15) is 17.1 Å². The van der Waals surface area contributed by atoms with E-state index in [1.54, 1.807) is 6.92 Å². The number of hydrogen-bond acceptors (Lipinski definition) is 4. The third-order valence-corrected chi connectivity index (χ3v) is 4.36. The molecule has 6 nitrogen and oxygen atoms in total. The van der Waals surface area contributed by atoms with E-state index in [4.69, 9.17) is 9.52 Å². The summed E-state index contributed by atoms with van der Waals surface area (Å²) in [7, 11) is 0. The number of hydrogen-bond donors (Lipinski definition) is 1. The van der Waals surface area contributed by atoms with E-state index < -0.39 is 11.4 Å². The lowest BCUT2D eigenvalue weighted by Crippen LogP contribution is -2.34. The minimum atomic E-state index is -1.09. The fourth-order valence-electron chi connectivity index (χ4n) is 2.81. The van der Waals surface area contributed by atoms with Crippen molar-refractivity contribution in [3.05, 3.63) is 23.2 Å². The predicted molar refractivity (Wildman–Crippen MR) is 73.6 cm³/mol. The number of aromatic carboxylic acids is 1. The van der Waals surface area contributed by atoms with Gasteiger partial charge in [-0.1, -0.05) is 13.8 Å². The summed E-state index contributed by atoms with van der Waals surface area (Å²) in [6.07, 6.45) is 1.44. The number of carbonyl (C=O) groups excluding carboxylic acids is 2. The molecule has 1 aliphatic heterocycles. The number of carbonyl (C=O) groups is 3. The van der Waals surface area contributed by atoms with Gasteiger partial charge in [-0.3, -0.25) is 14.5 Å². The van der Waals surface area contributed by atoms with Crippen LogP contribution in [-0.2, 0) is 16.1 Å². The summed E-state index contributed by atoms with van der Waals surface area (Å²) in [6.45, 7) is 5.34. The largest absolute Gasteiger partial charge is 0.478 e. The molecular weight excluding hydrogens is 274 g/mol. The van der Waals surface area contributed by atoms with Crippen molar-refractivity contribution in [2.75, 3.05) is 0 Å². The van der Waals surface area contributed by atoms with E-state index >= 15 is 0 Å². The Labute approximate surface area is 122 Å². The van der Waals surface area contributed by atoms with Crippen molar-refractivity contribution in [2.45, 2.75) is 46.6 Å². The molecule has 1 aromatic heterocycles. The number of imide groups is 1. The van der Waals surface area contributed by atoms with Crippen molar-refractivity contribution in [1.29, 1.82) is 0 Å². The average molecular weight is 293 g/mol. The zero-order chi connectivity index (χ0) is 15.8. The van der Waals surface area contributed by atoms with Gasteiger partial charge < -0.3 is 9.52 Å². The van der Waals surface area contributed by atoms with Gasteiger partial charge in [-0.2, -0.15) is 0 Å². The minimum absolute atomic E-state index is 0.00641. The summed E-state index contributed by atoms with van der Waals surface area (Å²) >= 11 is 0. The van der Waals surface area contributed by atoms with Crippen LogP contribution >= 0.6 is 0 Å². The standard InChI is InChI=1S/C15H19NO5/c1-4-15(5-2)7-12(17)16(14(15)20)8-10-6-11(13(18)19)9(3)21-10/h6H,4-5,7-8H2,1-3H3,(H,18,19). The van der Waals surface area contributed by atoms with Crippen LogP contribution in [0, 0.1) is 12.3 Å². The molecule has 2 rings (SSSR count). The van der Waals surface area contributed by atoms with Gasteiger partial charge >= 0.3 is 5.97 Å². The predicted octanol–water partition coefficient (Wildman–Crippen LogP) is 2.35. The van der Waals surface area contributed by atoms with Gasteiger partial charge in [-0.05, 0) is 25.8 Å². The smallest absolute Gasteiger partial charge is 0.339 e. The molecule has 0 radical (unpaired) electrons. The van der Waals surface area contributed by atoms with Crippen LogP contribution in [0.4, 0.5) is 0 Å². The molecule has 21 heavy (non-hydrogen) atoms. The quantitative estimate of drug-likeness (QED) is 0.842. The Bertz CT molecular complexity index is 597. The van der Waals surface area contributed by atoms with E-state index in [0.29, 0.717) is 18.6 Å². The van der Waals surface area contributed by atoms with Crippen molar-refractivity contribution in [1.82, 2.24) is 4.90 Å². The number of amides is 2. The van der Waals surface area contributed by atoms with E-state index in [2.05, 4.69) is 0 Å². The molecular formula is C15H19NO5. The third-order valence-electron chi connectivity index (χ3n) is 4.36. The molecule has 2 heterocycles. The zero-order valence-electron chi connectivity index (χ0n) is 12.4. The maximum atomic E-state index is 12.5. The number of furan rings is 1. The van der Waals surface area contributed by atoms with Crippen molar-refractivity contribution >= 4 is 17.8 Å². The molecule has 1 saturated heterocycles. The maximum absolute atomic E-state index is 12.5. The molecule has 1 fully saturated rings. The number of likely N-dealkylation sites (tertiary alicyclic amines) is 1. The summed E-state index contributed by atoms with van der Waals surface area (Å²) in [5.74, 6) is -0.917. The van der Waals surface area contributed by atoms with Crippen LogP contribution in [0.25, 0.3) is 0 Å². The lowest BCUT2D eigenvalue weighted by atomic mass is 9.81. The van der Waals surface area contributed by atoms with Crippen LogP contribution in [-0.4, -0.2) is 27.8 Å². The lowest BCUT2D eigenvalue weighted by Gasteiger charge is -2.23. The molecule has 1 N–H and O–H groups in total. The number of rotatable bonds is 5. The van der Waals surface area contributed by atoms with Crippen molar-refractivity contribution in [3.8, 4) is 0 Å². The van der Waals surface area contributed by atoms with E-state index in [0.717, 1.165) is 0 Å². The van der Waals surface area contributed by atoms with Crippen molar-refractivity contribution < 1.29 is 23.9 Å². The molecule has 114 valence electrons. The summed E-state index contributed by atoms with van der Waals surface area (Å²) in [6, 6.07) is 1.37. The van der Waals surface area contributed by atoms with Crippen LogP contribution in [0.2, 0.25) is 0 Å². The van der Waals surface area contributed by atoms with E-state index in [1.807, 2.05) is 13.8 Å². The summed E-state index contributed by atoms with van der Waals surface area (Å²) in [5.41, 5.74) is -0.560. The molecule has 0 atom stereocenters. The number of aryl methyl sites for hydroxylation is 1. The van der Waals surface area contributed by atoms with Gasteiger partial charge in [0, 0.05) is 6.42 Å².